The molecule has 0 aliphatic heterocycles. The molecular formula is C9H11N3O2S. The molecule has 3 amide bonds. The lowest BCUT2D eigenvalue weighted by Gasteiger charge is -2.08. The topological polar surface area (TPSA) is 85.1 Å². The summed E-state index contributed by atoms with van der Waals surface area (Å²) in [5.41, 5.74) is 4.83. The molecule has 1 heterocycles. The van der Waals surface area contributed by atoms with E-state index in [1.807, 2.05) is 11.4 Å². The molecular weight excluding hydrogens is 214 g/mol. The Morgan fingerprint density at radius 1 is 1.53 bits per heavy atom. The van der Waals surface area contributed by atoms with Crippen molar-refractivity contribution < 1.29 is 9.59 Å². The number of urea groups is 1. The van der Waals surface area contributed by atoms with Crippen LogP contribution in [0.5, 0.6) is 0 Å². The van der Waals surface area contributed by atoms with Gasteiger partial charge in [0.2, 0.25) is 5.91 Å². The van der Waals surface area contributed by atoms with E-state index in [4.69, 9.17) is 5.73 Å². The zero-order valence-corrected chi connectivity index (χ0v) is 8.95. The van der Waals surface area contributed by atoms with Crippen LogP contribution in [0.15, 0.2) is 29.4 Å². The summed E-state index contributed by atoms with van der Waals surface area (Å²) in [5.74, 6) is -0.418. The summed E-state index contributed by atoms with van der Waals surface area (Å²) < 4.78 is 0. The Bertz CT molecular complexity index is 356. The lowest BCUT2D eigenvalue weighted by atomic mass is 10.4. The molecule has 6 heteroatoms. The minimum atomic E-state index is -0.839. The fourth-order valence-electron chi connectivity index (χ4n) is 0.874. The molecule has 15 heavy (non-hydrogen) atoms. The van der Waals surface area contributed by atoms with Crippen LogP contribution in [0.2, 0.25) is 0 Å². The molecule has 1 aromatic heterocycles. The van der Waals surface area contributed by atoms with E-state index in [1.54, 1.807) is 25.3 Å². The normalized spacial score (nSPS) is 11.8. The van der Waals surface area contributed by atoms with Crippen LogP contribution in [0.25, 0.3) is 0 Å². The average Bonchev–Trinajstić information content (AvgIpc) is 2.18. The van der Waals surface area contributed by atoms with E-state index in [1.165, 1.54) is 11.8 Å². The Morgan fingerprint density at radius 2 is 2.27 bits per heavy atom. The molecule has 0 aromatic carbocycles. The summed E-state index contributed by atoms with van der Waals surface area (Å²) in [7, 11) is 0. The minimum Gasteiger partial charge on any atom is -0.351 e. The van der Waals surface area contributed by atoms with Crippen molar-refractivity contribution in [1.29, 1.82) is 0 Å². The first-order chi connectivity index (χ1) is 7.09. The second-order valence-electron chi connectivity index (χ2n) is 2.78. The Morgan fingerprint density at radius 3 is 2.80 bits per heavy atom. The predicted octanol–water partition coefficient (Wildman–Crippen LogP) is 0.757. The van der Waals surface area contributed by atoms with Gasteiger partial charge in [-0.1, -0.05) is 17.8 Å². The number of amides is 3. The Hall–Kier alpha value is -1.56. The average molecular weight is 225 g/mol. The lowest BCUT2D eigenvalue weighted by molar-refractivity contribution is -0.119. The van der Waals surface area contributed by atoms with Crippen molar-refractivity contribution in [3.05, 3.63) is 24.4 Å². The van der Waals surface area contributed by atoms with E-state index in [-0.39, 0.29) is 0 Å². The number of thioether (sulfide) groups is 1. The zero-order valence-electron chi connectivity index (χ0n) is 8.14. The molecule has 0 aliphatic rings. The highest BCUT2D eigenvalue weighted by Gasteiger charge is 2.15. The van der Waals surface area contributed by atoms with Crippen molar-refractivity contribution >= 4 is 23.7 Å². The lowest BCUT2D eigenvalue weighted by Crippen LogP contribution is -2.39. The van der Waals surface area contributed by atoms with E-state index in [0.717, 1.165) is 5.03 Å². The summed E-state index contributed by atoms with van der Waals surface area (Å²) in [4.78, 5) is 25.8. The summed E-state index contributed by atoms with van der Waals surface area (Å²) in [5, 5.41) is 2.33. The smallest absolute Gasteiger partial charge is 0.318 e. The number of nitrogens with two attached hydrogens (primary N) is 1. The summed E-state index contributed by atoms with van der Waals surface area (Å²) in [6, 6.07) is 4.57. The maximum Gasteiger partial charge on any atom is 0.318 e. The maximum absolute atomic E-state index is 11.3. The highest BCUT2D eigenvalue weighted by Crippen LogP contribution is 2.20. The van der Waals surface area contributed by atoms with Gasteiger partial charge >= 0.3 is 6.03 Å². The number of rotatable bonds is 3. The quantitative estimate of drug-likeness (QED) is 0.743. The first-order valence-electron chi connectivity index (χ1n) is 4.27. The predicted molar refractivity (Wildman–Crippen MR) is 57.3 cm³/mol. The molecule has 0 fully saturated rings. The van der Waals surface area contributed by atoms with Crippen LogP contribution in [-0.2, 0) is 4.79 Å². The SMILES string of the molecule is C[C@@H](Sc1ccccn1)C(=O)NC(N)=O. The van der Waals surface area contributed by atoms with Gasteiger partial charge in [0.05, 0.1) is 10.3 Å². The molecule has 0 spiro atoms. The summed E-state index contributed by atoms with van der Waals surface area (Å²) >= 11 is 1.26. The molecule has 1 rings (SSSR count). The number of hydrogen-bond donors (Lipinski definition) is 2. The molecule has 5 nitrogen and oxygen atoms in total. The third-order valence-electron chi connectivity index (χ3n) is 1.55. The van der Waals surface area contributed by atoms with Gasteiger partial charge in [-0.25, -0.2) is 9.78 Å². The van der Waals surface area contributed by atoms with Crippen LogP contribution in [0.4, 0.5) is 4.79 Å². The molecule has 0 unspecified atom stereocenters. The van der Waals surface area contributed by atoms with Crippen LogP contribution >= 0.6 is 11.8 Å². The molecule has 0 bridgehead atoms. The van der Waals surface area contributed by atoms with E-state index in [0.29, 0.717) is 0 Å². The van der Waals surface area contributed by atoms with E-state index in [9.17, 15) is 9.59 Å². The van der Waals surface area contributed by atoms with Gasteiger partial charge in [0.1, 0.15) is 0 Å². The molecule has 3 N–H and O–H groups in total. The first kappa shape index (κ1) is 11.5. The number of pyridine rings is 1. The summed E-state index contributed by atoms with van der Waals surface area (Å²) in [6.07, 6.45) is 1.64. The molecule has 0 aliphatic carbocycles. The largest absolute Gasteiger partial charge is 0.351 e. The van der Waals surface area contributed by atoms with Crippen LogP contribution in [0.1, 0.15) is 6.92 Å². The first-order valence-corrected chi connectivity index (χ1v) is 5.15. The number of nitrogens with zero attached hydrogens (tertiary/aromatic N) is 1. The molecule has 1 aromatic rings. The van der Waals surface area contributed by atoms with Crippen molar-refractivity contribution in [3.63, 3.8) is 0 Å². The monoisotopic (exact) mass is 225 g/mol. The van der Waals surface area contributed by atoms with Crippen molar-refractivity contribution in [2.75, 3.05) is 0 Å². The van der Waals surface area contributed by atoms with Crippen LogP contribution in [-0.4, -0.2) is 22.2 Å². The number of carbonyl (C=O) groups excluding carboxylic acids is 2. The number of nitrogens with one attached hydrogen (secondary N) is 1. The van der Waals surface area contributed by atoms with Crippen molar-refractivity contribution in [2.24, 2.45) is 5.73 Å². The zero-order chi connectivity index (χ0) is 11.3. The van der Waals surface area contributed by atoms with Crippen LogP contribution in [0, 0.1) is 0 Å². The standard InChI is InChI=1S/C9H11N3O2S/c1-6(8(13)12-9(10)14)15-7-4-2-3-5-11-7/h2-6H,1H3,(H3,10,12,13,14)/t6-/m1/s1. The number of carbonyl (C=O) groups is 2. The Balaban J connectivity index is 2.52. The van der Waals surface area contributed by atoms with Crippen molar-refractivity contribution in [3.8, 4) is 0 Å². The third-order valence-corrected chi connectivity index (χ3v) is 2.60. The summed E-state index contributed by atoms with van der Waals surface area (Å²) in [6.45, 7) is 1.68. The third kappa shape index (κ3) is 3.99. The maximum atomic E-state index is 11.3. The van der Waals surface area contributed by atoms with Crippen molar-refractivity contribution in [2.45, 2.75) is 17.2 Å². The van der Waals surface area contributed by atoms with E-state index >= 15 is 0 Å². The fraction of sp³-hybridized carbons (Fsp3) is 0.222. The molecule has 0 saturated heterocycles. The molecule has 1 atom stereocenters. The van der Waals surface area contributed by atoms with E-state index < -0.39 is 17.2 Å². The van der Waals surface area contributed by atoms with Gasteiger partial charge in [0.25, 0.3) is 0 Å². The van der Waals surface area contributed by atoms with Gasteiger partial charge < -0.3 is 5.73 Å². The van der Waals surface area contributed by atoms with Gasteiger partial charge in [-0.15, -0.1) is 0 Å². The van der Waals surface area contributed by atoms with Crippen LogP contribution < -0.4 is 11.1 Å². The van der Waals surface area contributed by atoms with Gasteiger partial charge in [0, 0.05) is 6.20 Å². The Kier molecular flexibility index (Phi) is 4.11. The van der Waals surface area contributed by atoms with Gasteiger partial charge in [-0.05, 0) is 19.1 Å². The number of imide groups is 1. The highest BCUT2D eigenvalue weighted by molar-refractivity contribution is 8.00. The van der Waals surface area contributed by atoms with Crippen molar-refractivity contribution in [1.82, 2.24) is 10.3 Å². The minimum absolute atomic E-state index is 0.410. The molecule has 0 saturated carbocycles. The second-order valence-corrected chi connectivity index (χ2v) is 4.14. The number of aromatic nitrogens is 1. The van der Waals surface area contributed by atoms with Crippen LogP contribution in [0.3, 0.4) is 0 Å². The fourth-order valence-corrected chi connectivity index (χ4v) is 1.68. The molecule has 0 radical (unpaired) electrons. The number of hydrogen-bond acceptors (Lipinski definition) is 4. The van der Waals surface area contributed by atoms with Gasteiger partial charge in [-0.2, -0.15) is 0 Å². The van der Waals surface area contributed by atoms with Gasteiger partial charge in [0.15, 0.2) is 0 Å². The highest BCUT2D eigenvalue weighted by atomic mass is 32.2. The van der Waals surface area contributed by atoms with E-state index in [2.05, 4.69) is 4.98 Å². The second kappa shape index (κ2) is 5.35. The van der Waals surface area contributed by atoms with Gasteiger partial charge in [-0.3, -0.25) is 10.1 Å². The number of primary amides is 1. The molecule has 80 valence electrons. The Labute approximate surface area is 91.4 Å².